The fourth-order valence-corrected chi connectivity index (χ4v) is 3.99. The zero-order valence-corrected chi connectivity index (χ0v) is 13.3. The summed E-state index contributed by atoms with van der Waals surface area (Å²) in [6, 6.07) is 6.95. The molecule has 1 aromatic carbocycles. The molecule has 1 unspecified atom stereocenters. The average molecular weight is 272 g/mol. The molecule has 1 N–H and O–H groups in total. The molecule has 0 radical (unpaired) electrons. The SMILES string of the molecule is CC(C)c1ccc2c(c1)C([13CH3])=[13CH]C1(CCC[C@@H]([13CH3])C1)N2. The molecule has 20 heavy (non-hydrogen) atoms. The number of anilines is 1. The minimum atomic E-state index is 0.216. The van der Waals surface area contributed by atoms with Crippen LogP contribution in [0.25, 0.3) is 5.57 Å². The Morgan fingerprint density at radius 1 is 1.30 bits per heavy atom. The van der Waals surface area contributed by atoms with Crippen LogP contribution in [-0.4, -0.2) is 5.54 Å². The Bertz CT molecular complexity index is 541. The molecule has 108 valence electrons. The second kappa shape index (κ2) is 4.95. The number of nitrogens with one attached hydrogen (secondary N) is 1. The smallest absolute Gasteiger partial charge is 0.0564 e. The maximum Gasteiger partial charge on any atom is 0.0564 e. The third-order valence-electron chi connectivity index (χ3n) is 5.04. The number of fused-ring (bicyclic) bond motifs is 1. The van der Waals surface area contributed by atoms with E-state index >= 15 is 0 Å². The average Bonchev–Trinajstić information content (AvgIpc) is 2.37. The van der Waals surface area contributed by atoms with Gasteiger partial charge >= 0.3 is 0 Å². The van der Waals surface area contributed by atoms with Crippen LogP contribution in [0.5, 0.6) is 0 Å². The number of rotatable bonds is 1. The summed E-state index contributed by atoms with van der Waals surface area (Å²) >= 11 is 0. The highest BCUT2D eigenvalue weighted by Gasteiger charge is 2.35. The van der Waals surface area contributed by atoms with E-state index in [9.17, 15) is 0 Å². The Kier molecular flexibility index (Phi) is 3.40. The van der Waals surface area contributed by atoms with Crippen LogP contribution in [0.15, 0.2) is 24.3 Å². The lowest BCUT2D eigenvalue weighted by molar-refractivity contribution is 0.301. The molecule has 1 nitrogen and oxygen atoms in total. The summed E-state index contributed by atoms with van der Waals surface area (Å²) in [5, 5.41) is 3.86. The van der Waals surface area contributed by atoms with Gasteiger partial charge in [-0.2, -0.15) is 0 Å². The van der Waals surface area contributed by atoms with Gasteiger partial charge in [0.05, 0.1) is 5.54 Å². The van der Waals surface area contributed by atoms with Crippen molar-refractivity contribution in [1.82, 2.24) is 0 Å². The minimum absolute atomic E-state index is 0.216. The van der Waals surface area contributed by atoms with Crippen molar-refractivity contribution in [2.45, 2.75) is 64.8 Å². The first kappa shape index (κ1) is 13.7. The monoisotopic (exact) mass is 272 g/mol. The van der Waals surface area contributed by atoms with Gasteiger partial charge in [-0.3, -0.25) is 0 Å². The molecule has 0 bridgehead atoms. The van der Waals surface area contributed by atoms with Crippen LogP contribution in [0.4, 0.5) is 5.69 Å². The fourth-order valence-electron chi connectivity index (χ4n) is 3.99. The Balaban J connectivity index is 1.97. The molecule has 1 heteroatoms. The first-order valence-electron chi connectivity index (χ1n) is 8.11. The number of allylic oxidation sites excluding steroid dienone is 1. The molecular weight excluding hydrogens is 245 g/mol. The fraction of sp³-hybridized carbons (Fsp3) is 0.579. The van der Waals surface area contributed by atoms with Gasteiger partial charge in [-0.15, -0.1) is 0 Å². The van der Waals surface area contributed by atoms with Crippen molar-refractivity contribution < 1.29 is 0 Å². The standard InChI is InChI=1S/C19H27N/c1-13(2)16-7-8-18-17(10-16)15(4)12-19(20-18)9-5-6-14(3)11-19/h7-8,10,12-14,20H,5-6,9,11H2,1-4H3/t14-,19?/m1/s1/i3+1,4+1,12+1. The predicted molar refractivity (Wildman–Crippen MR) is 88.2 cm³/mol. The lowest BCUT2D eigenvalue weighted by Crippen LogP contribution is -2.42. The van der Waals surface area contributed by atoms with E-state index in [0.717, 1.165) is 5.92 Å². The maximum absolute atomic E-state index is 3.86. The summed E-state index contributed by atoms with van der Waals surface area (Å²) in [6.45, 7) is 9.20. The van der Waals surface area contributed by atoms with Crippen molar-refractivity contribution in [2.24, 2.45) is 5.92 Å². The van der Waals surface area contributed by atoms with Crippen LogP contribution < -0.4 is 5.32 Å². The summed E-state index contributed by atoms with van der Waals surface area (Å²) in [4.78, 5) is 0. The highest BCUT2D eigenvalue weighted by Crippen LogP contribution is 2.43. The van der Waals surface area contributed by atoms with Gasteiger partial charge in [0.25, 0.3) is 0 Å². The second-order valence-electron chi connectivity index (χ2n) is 7.27. The van der Waals surface area contributed by atoms with E-state index in [4.69, 9.17) is 0 Å². The van der Waals surface area contributed by atoms with E-state index < -0.39 is 0 Å². The Morgan fingerprint density at radius 3 is 2.80 bits per heavy atom. The Labute approximate surface area is 123 Å². The molecule has 2 aliphatic rings. The molecular formula is C19H27N. The minimum Gasteiger partial charge on any atom is -0.376 e. The molecule has 0 amide bonds. The van der Waals surface area contributed by atoms with Crippen LogP contribution in [0.2, 0.25) is 0 Å². The topological polar surface area (TPSA) is 12.0 Å². The van der Waals surface area contributed by atoms with E-state index in [-0.39, 0.29) is 5.54 Å². The molecule has 1 saturated carbocycles. The van der Waals surface area contributed by atoms with Gasteiger partial charge in [-0.1, -0.05) is 45.8 Å². The van der Waals surface area contributed by atoms with E-state index in [1.807, 2.05) is 0 Å². The summed E-state index contributed by atoms with van der Waals surface area (Å²) in [5.41, 5.74) is 5.85. The molecule has 1 spiro atoms. The molecule has 1 aliphatic heterocycles. The molecule has 2 atom stereocenters. The molecule has 3 rings (SSSR count). The molecule has 1 aromatic rings. The number of hydrogen-bond donors (Lipinski definition) is 1. The molecule has 1 heterocycles. The van der Waals surface area contributed by atoms with Gasteiger partial charge in [0.15, 0.2) is 0 Å². The Morgan fingerprint density at radius 2 is 2.10 bits per heavy atom. The van der Waals surface area contributed by atoms with Crippen LogP contribution >= 0.6 is 0 Å². The second-order valence-corrected chi connectivity index (χ2v) is 7.27. The van der Waals surface area contributed by atoms with Crippen molar-refractivity contribution in [3.05, 3.63) is 35.4 Å². The van der Waals surface area contributed by atoms with E-state index in [0.29, 0.717) is 5.92 Å². The van der Waals surface area contributed by atoms with Crippen molar-refractivity contribution in [3.8, 4) is 0 Å². The van der Waals surface area contributed by atoms with Gasteiger partial charge in [0.1, 0.15) is 0 Å². The molecule has 1 aliphatic carbocycles. The summed E-state index contributed by atoms with van der Waals surface area (Å²) in [6.07, 6.45) is 7.79. The highest BCUT2D eigenvalue weighted by atomic mass is 15.0. The number of hydrogen-bond acceptors (Lipinski definition) is 1. The van der Waals surface area contributed by atoms with Crippen molar-refractivity contribution in [3.63, 3.8) is 0 Å². The van der Waals surface area contributed by atoms with Crippen molar-refractivity contribution >= 4 is 11.3 Å². The van der Waals surface area contributed by atoms with Gasteiger partial charge in [-0.25, -0.2) is 0 Å². The lowest BCUT2D eigenvalue weighted by Gasteiger charge is -2.43. The zero-order valence-electron chi connectivity index (χ0n) is 13.3. The van der Waals surface area contributed by atoms with E-state index in [2.05, 4.69) is 57.3 Å². The van der Waals surface area contributed by atoms with Crippen LogP contribution in [0, 0.1) is 5.92 Å². The normalized spacial score (nSPS) is 29.1. The Hall–Kier alpha value is -1.24. The quantitative estimate of drug-likeness (QED) is 0.657. The van der Waals surface area contributed by atoms with Gasteiger partial charge in [-0.05, 0) is 54.9 Å². The van der Waals surface area contributed by atoms with Gasteiger partial charge in [0.2, 0.25) is 0 Å². The highest BCUT2D eigenvalue weighted by molar-refractivity contribution is 5.80. The third-order valence-corrected chi connectivity index (χ3v) is 5.04. The molecule has 0 aromatic heterocycles. The van der Waals surface area contributed by atoms with Crippen LogP contribution in [-0.2, 0) is 0 Å². The number of benzene rings is 1. The lowest BCUT2D eigenvalue weighted by atomic mass is 9.80. The third kappa shape index (κ3) is 2.39. The van der Waals surface area contributed by atoms with Crippen LogP contribution in [0.1, 0.15) is 70.4 Å². The van der Waals surface area contributed by atoms with Crippen molar-refractivity contribution in [2.75, 3.05) is 5.32 Å². The first-order valence-corrected chi connectivity index (χ1v) is 8.11. The molecule has 0 saturated heterocycles. The van der Waals surface area contributed by atoms with Gasteiger partial charge < -0.3 is 5.32 Å². The first-order chi connectivity index (χ1) is 9.49. The van der Waals surface area contributed by atoms with Crippen LogP contribution in [0.3, 0.4) is 0 Å². The largest absolute Gasteiger partial charge is 0.376 e. The van der Waals surface area contributed by atoms with Crippen molar-refractivity contribution in [1.29, 1.82) is 0 Å². The predicted octanol–water partition coefficient (Wildman–Crippen LogP) is 5.59. The van der Waals surface area contributed by atoms with Gasteiger partial charge in [0, 0.05) is 11.3 Å². The maximum atomic E-state index is 3.86. The van der Waals surface area contributed by atoms with E-state index in [1.54, 1.807) is 0 Å². The zero-order chi connectivity index (χ0) is 14.3. The summed E-state index contributed by atoms with van der Waals surface area (Å²) in [5.74, 6) is 1.43. The summed E-state index contributed by atoms with van der Waals surface area (Å²) in [7, 11) is 0. The molecule has 1 fully saturated rings. The summed E-state index contributed by atoms with van der Waals surface area (Å²) < 4.78 is 0. The van der Waals surface area contributed by atoms with E-state index in [1.165, 1.54) is 48.1 Å².